The van der Waals surface area contributed by atoms with Gasteiger partial charge < -0.3 is 10.1 Å². The van der Waals surface area contributed by atoms with Gasteiger partial charge in [-0.1, -0.05) is 0 Å². The molecule has 5 nitrogen and oxygen atoms in total. The Labute approximate surface area is 181 Å². The Bertz CT molecular complexity index is 1100. The van der Waals surface area contributed by atoms with E-state index in [1.807, 2.05) is 6.92 Å². The topological polar surface area (TPSA) is 64.1 Å². The number of rotatable bonds is 5. The second kappa shape index (κ2) is 8.06. The SMILES string of the molecule is Cc1nc(NC(=O)c2cncc(I)c2C)ccc1-c1cc(OC2CC2)ccc1F. The maximum absolute atomic E-state index is 14.4. The van der Waals surface area contributed by atoms with E-state index in [4.69, 9.17) is 4.74 Å². The van der Waals surface area contributed by atoms with E-state index >= 15 is 0 Å². The highest BCUT2D eigenvalue weighted by atomic mass is 127. The van der Waals surface area contributed by atoms with Crippen molar-refractivity contribution in [2.75, 3.05) is 5.32 Å². The molecule has 4 rings (SSSR count). The van der Waals surface area contributed by atoms with Gasteiger partial charge in [0.25, 0.3) is 5.91 Å². The van der Waals surface area contributed by atoms with Crippen molar-refractivity contribution in [3.63, 3.8) is 0 Å². The summed E-state index contributed by atoms with van der Waals surface area (Å²) in [5.74, 6) is 0.442. The van der Waals surface area contributed by atoms with Gasteiger partial charge in [-0.3, -0.25) is 9.78 Å². The molecule has 0 bridgehead atoms. The Hall–Kier alpha value is -2.55. The summed E-state index contributed by atoms with van der Waals surface area (Å²) in [6.45, 7) is 3.66. The number of halogens is 2. The number of amides is 1. The van der Waals surface area contributed by atoms with Crippen molar-refractivity contribution < 1.29 is 13.9 Å². The number of aryl methyl sites for hydroxylation is 1. The molecule has 29 heavy (non-hydrogen) atoms. The molecule has 0 radical (unpaired) electrons. The Morgan fingerprint density at radius 3 is 2.69 bits per heavy atom. The number of nitrogens with one attached hydrogen (secondary N) is 1. The number of nitrogens with zero attached hydrogens (tertiary/aromatic N) is 2. The molecular weight excluding hydrogens is 484 g/mol. The summed E-state index contributed by atoms with van der Waals surface area (Å²) in [6, 6.07) is 8.19. The molecular formula is C22H19FIN3O2. The van der Waals surface area contributed by atoms with Gasteiger partial charge in [0.2, 0.25) is 0 Å². The minimum absolute atomic E-state index is 0.240. The predicted octanol–water partition coefficient (Wildman–Crippen LogP) is 5.30. The van der Waals surface area contributed by atoms with Crippen LogP contribution in [-0.4, -0.2) is 22.0 Å². The lowest BCUT2D eigenvalue weighted by Crippen LogP contribution is -2.15. The molecule has 1 aromatic carbocycles. The van der Waals surface area contributed by atoms with Gasteiger partial charge in [-0.2, -0.15) is 0 Å². The fourth-order valence-electron chi connectivity index (χ4n) is 2.99. The molecule has 2 heterocycles. The first kappa shape index (κ1) is 19.8. The zero-order valence-electron chi connectivity index (χ0n) is 16.0. The summed E-state index contributed by atoms with van der Waals surface area (Å²) in [5, 5.41) is 2.79. The van der Waals surface area contributed by atoms with Gasteiger partial charge in [-0.15, -0.1) is 0 Å². The van der Waals surface area contributed by atoms with Crippen LogP contribution < -0.4 is 10.1 Å². The second-order valence-electron chi connectivity index (χ2n) is 7.04. The summed E-state index contributed by atoms with van der Waals surface area (Å²) in [6.07, 6.45) is 5.56. The molecule has 3 aromatic rings. The number of anilines is 1. The number of ether oxygens (including phenoxy) is 1. The van der Waals surface area contributed by atoms with Gasteiger partial charge in [0.1, 0.15) is 17.4 Å². The van der Waals surface area contributed by atoms with Crippen LogP contribution in [-0.2, 0) is 0 Å². The number of carbonyl (C=O) groups is 1. The fraction of sp³-hybridized carbons (Fsp3) is 0.227. The minimum Gasteiger partial charge on any atom is -0.490 e. The molecule has 1 amide bonds. The van der Waals surface area contributed by atoms with Crippen LogP contribution in [0.5, 0.6) is 5.75 Å². The Morgan fingerprint density at radius 1 is 1.17 bits per heavy atom. The van der Waals surface area contributed by atoms with Crippen molar-refractivity contribution in [2.24, 2.45) is 0 Å². The van der Waals surface area contributed by atoms with Crippen LogP contribution in [0, 0.1) is 23.2 Å². The Kier molecular flexibility index (Phi) is 5.49. The molecule has 0 saturated heterocycles. The highest BCUT2D eigenvalue weighted by Gasteiger charge is 2.24. The third-order valence-electron chi connectivity index (χ3n) is 4.78. The smallest absolute Gasteiger partial charge is 0.258 e. The molecule has 1 N–H and O–H groups in total. The lowest BCUT2D eigenvalue weighted by atomic mass is 10.0. The first-order chi connectivity index (χ1) is 13.9. The average molecular weight is 503 g/mol. The molecule has 7 heteroatoms. The van der Waals surface area contributed by atoms with Gasteiger partial charge in [-0.05, 0) is 85.2 Å². The maximum atomic E-state index is 14.4. The number of carbonyl (C=O) groups excluding carboxylic acids is 1. The van der Waals surface area contributed by atoms with Gasteiger partial charge in [0.15, 0.2) is 0 Å². The van der Waals surface area contributed by atoms with Crippen LogP contribution in [0.3, 0.4) is 0 Å². The zero-order chi connectivity index (χ0) is 20.5. The van der Waals surface area contributed by atoms with Crippen LogP contribution in [0.15, 0.2) is 42.7 Å². The Balaban J connectivity index is 1.58. The molecule has 148 valence electrons. The highest BCUT2D eigenvalue weighted by molar-refractivity contribution is 14.1. The number of pyridine rings is 2. The highest BCUT2D eigenvalue weighted by Crippen LogP contribution is 2.33. The molecule has 0 spiro atoms. The molecule has 0 aliphatic heterocycles. The van der Waals surface area contributed by atoms with E-state index in [0.717, 1.165) is 22.0 Å². The lowest BCUT2D eigenvalue weighted by Gasteiger charge is -2.12. The predicted molar refractivity (Wildman–Crippen MR) is 118 cm³/mol. The molecule has 1 aliphatic rings. The second-order valence-corrected chi connectivity index (χ2v) is 8.20. The van der Waals surface area contributed by atoms with Gasteiger partial charge >= 0.3 is 0 Å². The van der Waals surface area contributed by atoms with Crippen LogP contribution in [0.1, 0.15) is 34.5 Å². The summed E-state index contributed by atoms with van der Waals surface area (Å²) < 4.78 is 21.1. The van der Waals surface area contributed by atoms with Gasteiger partial charge in [0, 0.05) is 32.8 Å². The fourth-order valence-corrected chi connectivity index (χ4v) is 3.44. The van der Waals surface area contributed by atoms with Crippen LogP contribution >= 0.6 is 22.6 Å². The average Bonchev–Trinajstić information content (AvgIpc) is 3.50. The summed E-state index contributed by atoms with van der Waals surface area (Å²) >= 11 is 2.14. The van der Waals surface area contributed by atoms with Crippen LogP contribution in [0.25, 0.3) is 11.1 Å². The summed E-state index contributed by atoms with van der Waals surface area (Å²) in [7, 11) is 0. The van der Waals surface area contributed by atoms with E-state index in [2.05, 4.69) is 37.9 Å². The molecule has 2 aromatic heterocycles. The van der Waals surface area contributed by atoms with E-state index in [-0.39, 0.29) is 17.8 Å². The molecule has 1 fully saturated rings. The van der Waals surface area contributed by atoms with Crippen molar-refractivity contribution in [2.45, 2.75) is 32.8 Å². The van der Waals surface area contributed by atoms with Crippen LogP contribution in [0.2, 0.25) is 0 Å². The van der Waals surface area contributed by atoms with E-state index in [1.54, 1.807) is 37.4 Å². The third kappa shape index (κ3) is 4.39. The van der Waals surface area contributed by atoms with E-state index in [9.17, 15) is 9.18 Å². The largest absolute Gasteiger partial charge is 0.490 e. The number of hydrogen-bond acceptors (Lipinski definition) is 4. The molecule has 1 saturated carbocycles. The van der Waals surface area contributed by atoms with Gasteiger partial charge in [0.05, 0.1) is 11.7 Å². The Morgan fingerprint density at radius 2 is 1.97 bits per heavy atom. The van der Waals surface area contributed by atoms with Crippen molar-refractivity contribution in [3.05, 3.63) is 68.9 Å². The molecule has 0 atom stereocenters. The minimum atomic E-state index is -0.338. The summed E-state index contributed by atoms with van der Waals surface area (Å²) in [4.78, 5) is 21.1. The van der Waals surface area contributed by atoms with E-state index in [0.29, 0.717) is 34.0 Å². The van der Waals surface area contributed by atoms with Crippen molar-refractivity contribution in [3.8, 4) is 16.9 Å². The van der Waals surface area contributed by atoms with Crippen molar-refractivity contribution in [1.29, 1.82) is 0 Å². The van der Waals surface area contributed by atoms with Crippen LogP contribution in [0.4, 0.5) is 10.2 Å². The standard InChI is InChI=1S/C22H19FIN3O2/c1-12-18(10-25-11-20(12)24)22(28)27-21-8-6-16(13(2)26-21)17-9-15(5-7-19(17)23)29-14-3-4-14/h5-11,14H,3-4H2,1-2H3,(H,26,27,28). The normalized spacial score (nSPS) is 13.2. The maximum Gasteiger partial charge on any atom is 0.258 e. The molecule has 0 unspecified atom stereocenters. The number of hydrogen-bond donors (Lipinski definition) is 1. The van der Waals surface area contributed by atoms with Crippen molar-refractivity contribution in [1.82, 2.24) is 9.97 Å². The monoisotopic (exact) mass is 503 g/mol. The first-order valence-corrected chi connectivity index (χ1v) is 10.4. The van der Waals surface area contributed by atoms with E-state index < -0.39 is 0 Å². The van der Waals surface area contributed by atoms with Crippen molar-refractivity contribution >= 4 is 34.3 Å². The first-order valence-electron chi connectivity index (χ1n) is 9.28. The third-order valence-corrected chi connectivity index (χ3v) is 5.87. The zero-order valence-corrected chi connectivity index (χ0v) is 18.2. The number of benzene rings is 1. The lowest BCUT2D eigenvalue weighted by molar-refractivity contribution is 0.102. The molecule has 1 aliphatic carbocycles. The number of aromatic nitrogens is 2. The quantitative estimate of drug-likeness (QED) is 0.481. The van der Waals surface area contributed by atoms with Gasteiger partial charge in [-0.25, -0.2) is 9.37 Å². The summed E-state index contributed by atoms with van der Waals surface area (Å²) in [5.41, 5.74) is 3.07. The van der Waals surface area contributed by atoms with E-state index in [1.165, 1.54) is 12.3 Å².